The molecule has 0 aliphatic rings. The Morgan fingerprint density at radius 1 is 1.30 bits per heavy atom. The third-order valence-corrected chi connectivity index (χ3v) is 2.81. The highest BCUT2D eigenvalue weighted by atomic mass is 35.5. The molecule has 0 unspecified atom stereocenters. The van der Waals surface area contributed by atoms with Crippen LogP contribution in [0, 0.1) is 5.82 Å². The summed E-state index contributed by atoms with van der Waals surface area (Å²) in [7, 11) is 1.37. The van der Waals surface area contributed by atoms with Crippen molar-refractivity contribution in [1.82, 2.24) is 0 Å². The van der Waals surface area contributed by atoms with Gasteiger partial charge in [0.05, 0.1) is 7.11 Å². The number of hydrogen-bond donors (Lipinski definition) is 2. The van der Waals surface area contributed by atoms with Crippen molar-refractivity contribution in [1.29, 1.82) is 0 Å². The van der Waals surface area contributed by atoms with Gasteiger partial charge >= 0.3 is 0 Å². The van der Waals surface area contributed by atoms with Gasteiger partial charge in [0.2, 0.25) is 0 Å². The summed E-state index contributed by atoms with van der Waals surface area (Å²) in [5.74, 6) is -0.880. The monoisotopic (exact) mass is 294 g/mol. The predicted molar refractivity (Wildman–Crippen MR) is 76.8 cm³/mol. The first-order valence-corrected chi connectivity index (χ1v) is 6.08. The molecule has 0 radical (unpaired) electrons. The van der Waals surface area contributed by atoms with Gasteiger partial charge in [0.25, 0.3) is 5.91 Å². The van der Waals surface area contributed by atoms with Crippen LogP contribution in [0.2, 0.25) is 5.02 Å². The van der Waals surface area contributed by atoms with Gasteiger partial charge in [0.1, 0.15) is 0 Å². The van der Waals surface area contributed by atoms with Crippen molar-refractivity contribution in [3.63, 3.8) is 0 Å². The van der Waals surface area contributed by atoms with Crippen molar-refractivity contribution < 1.29 is 13.9 Å². The Hall–Kier alpha value is -2.27. The molecule has 0 aliphatic carbocycles. The Bertz CT molecular complexity index is 641. The van der Waals surface area contributed by atoms with Crippen LogP contribution < -0.4 is 15.8 Å². The maximum absolute atomic E-state index is 13.5. The number of anilines is 2. The summed E-state index contributed by atoms with van der Waals surface area (Å²) in [6, 6.07) is 8.63. The second-order valence-corrected chi connectivity index (χ2v) is 4.51. The van der Waals surface area contributed by atoms with Gasteiger partial charge < -0.3 is 15.8 Å². The number of carbonyl (C=O) groups is 1. The molecule has 104 valence electrons. The molecule has 0 heterocycles. The fourth-order valence-electron chi connectivity index (χ4n) is 1.69. The van der Waals surface area contributed by atoms with E-state index in [4.69, 9.17) is 22.1 Å². The summed E-state index contributed by atoms with van der Waals surface area (Å²) < 4.78 is 18.3. The average molecular weight is 295 g/mol. The molecule has 0 bridgehead atoms. The maximum atomic E-state index is 13.5. The van der Waals surface area contributed by atoms with E-state index in [1.807, 2.05) is 0 Å². The smallest absolute Gasteiger partial charge is 0.255 e. The van der Waals surface area contributed by atoms with Gasteiger partial charge in [0.15, 0.2) is 11.6 Å². The molecule has 0 spiro atoms. The number of carbonyl (C=O) groups excluding carboxylic acids is 1. The van der Waals surface area contributed by atoms with E-state index in [2.05, 4.69) is 5.32 Å². The van der Waals surface area contributed by atoms with Gasteiger partial charge in [-0.25, -0.2) is 4.39 Å². The van der Waals surface area contributed by atoms with Crippen molar-refractivity contribution in [3.8, 4) is 5.75 Å². The number of methoxy groups -OCH3 is 1. The molecule has 2 aromatic rings. The van der Waals surface area contributed by atoms with Gasteiger partial charge in [-0.1, -0.05) is 11.6 Å². The lowest BCUT2D eigenvalue weighted by Gasteiger charge is -2.08. The summed E-state index contributed by atoms with van der Waals surface area (Å²) in [5.41, 5.74) is 6.60. The molecule has 20 heavy (non-hydrogen) atoms. The molecule has 1 amide bonds. The number of amides is 1. The lowest BCUT2D eigenvalue weighted by atomic mass is 10.2. The van der Waals surface area contributed by atoms with Crippen LogP contribution in [0.25, 0.3) is 0 Å². The van der Waals surface area contributed by atoms with Crippen molar-refractivity contribution in [2.45, 2.75) is 0 Å². The standard InChI is InChI=1S/C14H12ClFN2O2/c1-20-13-3-2-11(7-12(13)16)18-14(19)8-4-9(15)6-10(17)5-8/h2-7H,17H2,1H3,(H,18,19). The number of nitrogens with one attached hydrogen (secondary N) is 1. The summed E-state index contributed by atoms with van der Waals surface area (Å²) in [6.45, 7) is 0. The first-order valence-electron chi connectivity index (χ1n) is 5.70. The molecule has 0 saturated carbocycles. The van der Waals surface area contributed by atoms with E-state index in [-0.39, 0.29) is 5.75 Å². The summed E-state index contributed by atoms with van der Waals surface area (Å²) >= 11 is 5.83. The van der Waals surface area contributed by atoms with Crippen LogP contribution in [-0.2, 0) is 0 Å². The molecule has 4 nitrogen and oxygen atoms in total. The van der Waals surface area contributed by atoms with Gasteiger partial charge in [-0.2, -0.15) is 0 Å². The summed E-state index contributed by atoms with van der Waals surface area (Å²) in [6.07, 6.45) is 0. The van der Waals surface area contributed by atoms with Crippen molar-refractivity contribution >= 4 is 28.9 Å². The van der Waals surface area contributed by atoms with Crippen molar-refractivity contribution in [2.75, 3.05) is 18.2 Å². The number of halogens is 2. The number of ether oxygens (including phenoxy) is 1. The first kappa shape index (κ1) is 14.1. The highest BCUT2D eigenvalue weighted by molar-refractivity contribution is 6.31. The molecule has 0 fully saturated rings. The third kappa shape index (κ3) is 3.19. The predicted octanol–water partition coefficient (Wildman–Crippen LogP) is 3.32. The summed E-state index contributed by atoms with van der Waals surface area (Å²) in [5, 5.41) is 2.91. The highest BCUT2D eigenvalue weighted by Crippen LogP contribution is 2.22. The lowest BCUT2D eigenvalue weighted by molar-refractivity contribution is 0.102. The van der Waals surface area contributed by atoms with Crippen LogP contribution in [-0.4, -0.2) is 13.0 Å². The minimum Gasteiger partial charge on any atom is -0.494 e. The Morgan fingerprint density at radius 3 is 2.65 bits per heavy atom. The van der Waals surface area contributed by atoms with Gasteiger partial charge in [-0.05, 0) is 30.3 Å². The fraction of sp³-hybridized carbons (Fsp3) is 0.0714. The second kappa shape index (κ2) is 5.79. The zero-order valence-corrected chi connectivity index (χ0v) is 11.4. The molecule has 0 aromatic heterocycles. The van der Waals surface area contributed by atoms with Crippen molar-refractivity contribution in [3.05, 3.63) is 52.8 Å². The van der Waals surface area contributed by atoms with Crippen LogP contribution in [0.1, 0.15) is 10.4 Å². The summed E-state index contributed by atoms with van der Waals surface area (Å²) in [4.78, 5) is 12.0. The van der Waals surface area contributed by atoms with Crippen LogP contribution in [0.5, 0.6) is 5.75 Å². The zero-order valence-electron chi connectivity index (χ0n) is 10.6. The van der Waals surface area contributed by atoms with E-state index in [1.54, 1.807) is 0 Å². The number of nitrogen functional groups attached to an aromatic ring is 1. The van der Waals surface area contributed by atoms with E-state index in [0.717, 1.165) is 0 Å². The highest BCUT2D eigenvalue weighted by Gasteiger charge is 2.10. The Morgan fingerprint density at radius 2 is 2.05 bits per heavy atom. The zero-order chi connectivity index (χ0) is 14.7. The molecule has 6 heteroatoms. The maximum Gasteiger partial charge on any atom is 0.255 e. The third-order valence-electron chi connectivity index (χ3n) is 2.59. The number of hydrogen-bond acceptors (Lipinski definition) is 3. The minimum atomic E-state index is -0.559. The normalized spacial score (nSPS) is 10.2. The topological polar surface area (TPSA) is 64.3 Å². The van der Waals surface area contributed by atoms with E-state index in [9.17, 15) is 9.18 Å². The first-order chi connectivity index (χ1) is 9.49. The molecule has 0 aliphatic heterocycles. The van der Waals surface area contributed by atoms with Crippen LogP contribution in [0.15, 0.2) is 36.4 Å². The molecular formula is C14H12ClFN2O2. The van der Waals surface area contributed by atoms with E-state index < -0.39 is 11.7 Å². The largest absolute Gasteiger partial charge is 0.494 e. The minimum absolute atomic E-state index is 0.106. The number of rotatable bonds is 3. The second-order valence-electron chi connectivity index (χ2n) is 4.08. The van der Waals surface area contributed by atoms with Gasteiger partial charge in [-0.3, -0.25) is 4.79 Å². The molecule has 2 rings (SSSR count). The van der Waals surface area contributed by atoms with Crippen molar-refractivity contribution in [2.24, 2.45) is 0 Å². The number of nitrogens with two attached hydrogens (primary N) is 1. The van der Waals surface area contributed by atoms with Crippen LogP contribution in [0.4, 0.5) is 15.8 Å². The number of benzene rings is 2. The SMILES string of the molecule is COc1ccc(NC(=O)c2cc(N)cc(Cl)c2)cc1F. The molecule has 2 aromatic carbocycles. The Labute approximate surface area is 120 Å². The Kier molecular flexibility index (Phi) is 4.10. The fourth-order valence-corrected chi connectivity index (χ4v) is 1.93. The molecular weight excluding hydrogens is 283 g/mol. The van der Waals surface area contributed by atoms with Gasteiger partial charge in [-0.15, -0.1) is 0 Å². The van der Waals surface area contributed by atoms with E-state index in [0.29, 0.717) is 22.0 Å². The average Bonchev–Trinajstić information content (AvgIpc) is 2.37. The quantitative estimate of drug-likeness (QED) is 0.854. The molecule has 0 saturated heterocycles. The van der Waals surface area contributed by atoms with Crippen LogP contribution >= 0.6 is 11.6 Å². The lowest BCUT2D eigenvalue weighted by Crippen LogP contribution is -2.12. The van der Waals surface area contributed by atoms with Crippen LogP contribution in [0.3, 0.4) is 0 Å². The van der Waals surface area contributed by atoms with E-state index in [1.165, 1.54) is 43.5 Å². The Balaban J connectivity index is 2.21. The molecule has 0 atom stereocenters. The van der Waals surface area contributed by atoms with Gasteiger partial charge in [0, 0.05) is 28.0 Å². The van der Waals surface area contributed by atoms with E-state index >= 15 is 0 Å². The molecule has 3 N–H and O–H groups in total.